The molecule has 0 spiro atoms. The van der Waals surface area contributed by atoms with E-state index in [9.17, 15) is 4.79 Å². The Balaban J connectivity index is 1.59. The van der Waals surface area contributed by atoms with Gasteiger partial charge in [-0.05, 0) is 25.1 Å². The molecule has 4 nitrogen and oxygen atoms in total. The average Bonchev–Trinajstić information content (AvgIpc) is 3.10. The lowest BCUT2D eigenvalue weighted by molar-refractivity contribution is -0.131. The first-order valence-corrected chi connectivity index (χ1v) is 8.83. The highest BCUT2D eigenvalue weighted by atomic mass is 35.5. The van der Waals surface area contributed by atoms with Gasteiger partial charge in [-0.15, -0.1) is 11.3 Å². The van der Waals surface area contributed by atoms with E-state index < -0.39 is 0 Å². The number of benzene rings is 1. The number of H-pyrrole nitrogens is 1. The summed E-state index contributed by atoms with van der Waals surface area (Å²) in [5, 5.41) is 4.81. The number of aryl methyl sites for hydroxylation is 1. The van der Waals surface area contributed by atoms with Crippen LogP contribution >= 0.6 is 22.9 Å². The summed E-state index contributed by atoms with van der Waals surface area (Å²) in [6.07, 6.45) is 1.23. The second-order valence-electron chi connectivity index (χ2n) is 5.87. The molecule has 0 atom stereocenters. The summed E-state index contributed by atoms with van der Waals surface area (Å²) in [6, 6.07) is 5.86. The molecule has 0 bridgehead atoms. The zero-order valence-corrected chi connectivity index (χ0v) is 14.3. The van der Waals surface area contributed by atoms with Gasteiger partial charge >= 0.3 is 0 Å². The Labute approximate surface area is 143 Å². The minimum absolute atomic E-state index is 0.136. The van der Waals surface area contributed by atoms with Crippen LogP contribution in [0, 0.1) is 6.92 Å². The lowest BCUT2D eigenvalue weighted by Crippen LogP contribution is -2.36. The third-order valence-corrected chi connectivity index (χ3v) is 5.35. The van der Waals surface area contributed by atoms with Crippen molar-refractivity contribution in [3.63, 3.8) is 0 Å². The molecule has 6 heteroatoms. The van der Waals surface area contributed by atoms with Crippen molar-refractivity contribution < 1.29 is 4.79 Å². The summed E-state index contributed by atoms with van der Waals surface area (Å²) >= 11 is 7.71. The molecule has 0 aliphatic carbocycles. The van der Waals surface area contributed by atoms with Gasteiger partial charge in [0, 0.05) is 52.1 Å². The van der Waals surface area contributed by atoms with E-state index >= 15 is 0 Å². The first-order valence-electron chi connectivity index (χ1n) is 7.58. The molecular weight excluding hydrogens is 330 g/mol. The van der Waals surface area contributed by atoms with Gasteiger partial charge in [-0.2, -0.15) is 0 Å². The van der Waals surface area contributed by atoms with Crippen LogP contribution in [-0.2, 0) is 24.2 Å². The fraction of sp³-hybridized carbons (Fsp3) is 0.294. The molecule has 4 rings (SSSR count). The summed E-state index contributed by atoms with van der Waals surface area (Å²) in [4.78, 5) is 22.3. The van der Waals surface area contributed by atoms with E-state index in [1.807, 2.05) is 35.4 Å². The molecule has 3 heterocycles. The number of halogens is 1. The lowest BCUT2D eigenvalue weighted by Gasteiger charge is -2.27. The molecule has 2 aromatic heterocycles. The molecule has 0 saturated heterocycles. The van der Waals surface area contributed by atoms with Crippen LogP contribution in [0.15, 0.2) is 23.6 Å². The Morgan fingerprint density at radius 1 is 1.48 bits per heavy atom. The van der Waals surface area contributed by atoms with E-state index in [0.717, 1.165) is 39.6 Å². The second-order valence-corrected chi connectivity index (χ2v) is 7.37. The zero-order valence-electron chi connectivity index (χ0n) is 12.7. The molecule has 0 radical (unpaired) electrons. The van der Waals surface area contributed by atoms with Crippen LogP contribution in [0.4, 0.5) is 0 Å². The molecule has 1 aliphatic rings. The zero-order chi connectivity index (χ0) is 16.0. The van der Waals surface area contributed by atoms with Gasteiger partial charge in [0.2, 0.25) is 5.91 Å². The third-order valence-electron chi connectivity index (χ3n) is 4.29. The van der Waals surface area contributed by atoms with Crippen molar-refractivity contribution in [1.29, 1.82) is 0 Å². The number of thiazole rings is 1. The van der Waals surface area contributed by atoms with Crippen LogP contribution < -0.4 is 0 Å². The molecule has 0 unspecified atom stereocenters. The highest BCUT2D eigenvalue weighted by Gasteiger charge is 2.24. The summed E-state index contributed by atoms with van der Waals surface area (Å²) in [5.41, 5.74) is 4.36. The number of carbonyl (C=O) groups excluding carboxylic acids is 1. The Kier molecular flexibility index (Phi) is 3.62. The fourth-order valence-electron chi connectivity index (χ4n) is 3.16. The van der Waals surface area contributed by atoms with E-state index in [1.165, 1.54) is 11.3 Å². The van der Waals surface area contributed by atoms with Gasteiger partial charge in [0.05, 0.1) is 17.1 Å². The maximum Gasteiger partial charge on any atom is 0.228 e. The number of aromatic nitrogens is 2. The molecule has 23 heavy (non-hydrogen) atoms. The Morgan fingerprint density at radius 2 is 2.35 bits per heavy atom. The largest absolute Gasteiger partial charge is 0.358 e. The van der Waals surface area contributed by atoms with Gasteiger partial charge in [0.15, 0.2) is 0 Å². The standard InChI is InChI=1S/C17H16ClN3OS/c1-10-19-12(9-23-10)7-17(22)21-5-4-16-14(8-21)13-6-11(18)2-3-15(13)20-16/h2-3,6,9,20H,4-5,7-8H2,1H3. The SMILES string of the molecule is Cc1nc(CC(=O)N2CCc3[nH]c4ccc(Cl)cc4c3C2)cs1. The average molecular weight is 346 g/mol. The quantitative estimate of drug-likeness (QED) is 0.769. The van der Waals surface area contributed by atoms with Crippen LogP contribution in [0.5, 0.6) is 0 Å². The highest BCUT2D eigenvalue weighted by molar-refractivity contribution is 7.09. The molecule has 1 aliphatic heterocycles. The van der Waals surface area contributed by atoms with Crippen molar-refractivity contribution in [3.8, 4) is 0 Å². The third kappa shape index (κ3) is 2.75. The minimum Gasteiger partial charge on any atom is -0.358 e. The summed E-state index contributed by atoms with van der Waals surface area (Å²) in [5.74, 6) is 0.136. The van der Waals surface area contributed by atoms with Crippen LogP contribution in [0.3, 0.4) is 0 Å². The van der Waals surface area contributed by atoms with Crippen LogP contribution in [-0.4, -0.2) is 27.3 Å². The van der Waals surface area contributed by atoms with Gasteiger partial charge in [0.25, 0.3) is 0 Å². The van der Waals surface area contributed by atoms with Crippen molar-refractivity contribution in [1.82, 2.24) is 14.9 Å². The Hall–Kier alpha value is -1.85. The fourth-order valence-corrected chi connectivity index (χ4v) is 3.94. The maximum absolute atomic E-state index is 12.6. The van der Waals surface area contributed by atoms with Gasteiger partial charge < -0.3 is 9.88 Å². The molecule has 118 valence electrons. The first-order chi connectivity index (χ1) is 11.1. The molecule has 0 fully saturated rings. The van der Waals surface area contributed by atoms with Gasteiger partial charge in [-0.3, -0.25) is 4.79 Å². The molecule has 0 saturated carbocycles. The maximum atomic E-state index is 12.6. The predicted octanol–water partition coefficient (Wildman–Crippen LogP) is 3.71. The second kappa shape index (κ2) is 5.65. The summed E-state index contributed by atoms with van der Waals surface area (Å²) in [6.45, 7) is 3.34. The van der Waals surface area contributed by atoms with E-state index in [0.29, 0.717) is 13.0 Å². The number of nitrogens with one attached hydrogen (secondary N) is 1. The van der Waals surface area contributed by atoms with Crippen molar-refractivity contribution in [3.05, 3.63) is 50.6 Å². The van der Waals surface area contributed by atoms with Crippen molar-refractivity contribution in [2.24, 2.45) is 0 Å². The van der Waals surface area contributed by atoms with E-state index in [4.69, 9.17) is 11.6 Å². The number of nitrogens with zero attached hydrogens (tertiary/aromatic N) is 2. The van der Waals surface area contributed by atoms with Crippen LogP contribution in [0.1, 0.15) is 22.0 Å². The number of fused-ring (bicyclic) bond motifs is 3. The Morgan fingerprint density at radius 3 is 3.13 bits per heavy atom. The minimum atomic E-state index is 0.136. The molecule has 1 N–H and O–H groups in total. The van der Waals surface area contributed by atoms with Crippen molar-refractivity contribution in [2.75, 3.05) is 6.54 Å². The number of hydrogen-bond donors (Lipinski definition) is 1. The van der Waals surface area contributed by atoms with Crippen molar-refractivity contribution in [2.45, 2.75) is 26.3 Å². The van der Waals surface area contributed by atoms with Crippen LogP contribution in [0.2, 0.25) is 5.02 Å². The molecule has 1 amide bonds. The van der Waals surface area contributed by atoms with Crippen LogP contribution in [0.25, 0.3) is 10.9 Å². The summed E-state index contributed by atoms with van der Waals surface area (Å²) in [7, 11) is 0. The van der Waals surface area contributed by atoms with E-state index in [2.05, 4.69) is 9.97 Å². The van der Waals surface area contributed by atoms with E-state index in [1.54, 1.807) is 11.3 Å². The number of hydrogen-bond acceptors (Lipinski definition) is 3. The smallest absolute Gasteiger partial charge is 0.228 e. The highest BCUT2D eigenvalue weighted by Crippen LogP contribution is 2.30. The van der Waals surface area contributed by atoms with Crippen molar-refractivity contribution >= 4 is 39.7 Å². The number of carbonyl (C=O) groups is 1. The lowest BCUT2D eigenvalue weighted by atomic mass is 10.0. The van der Waals surface area contributed by atoms with Gasteiger partial charge in [-0.1, -0.05) is 11.6 Å². The number of rotatable bonds is 2. The normalized spacial score (nSPS) is 14.3. The van der Waals surface area contributed by atoms with Gasteiger partial charge in [-0.25, -0.2) is 4.98 Å². The summed E-state index contributed by atoms with van der Waals surface area (Å²) < 4.78 is 0. The molecule has 1 aromatic carbocycles. The van der Waals surface area contributed by atoms with Gasteiger partial charge in [0.1, 0.15) is 0 Å². The first kappa shape index (κ1) is 14.7. The predicted molar refractivity (Wildman–Crippen MR) is 93.0 cm³/mol. The number of aromatic amines is 1. The topological polar surface area (TPSA) is 49.0 Å². The Bertz CT molecular complexity index is 899. The van der Waals surface area contributed by atoms with E-state index in [-0.39, 0.29) is 5.91 Å². The number of amides is 1. The molecular formula is C17H16ClN3OS. The molecule has 3 aromatic rings. The monoisotopic (exact) mass is 345 g/mol.